The van der Waals surface area contributed by atoms with Gasteiger partial charge in [-0.3, -0.25) is 9.69 Å². The highest BCUT2D eigenvalue weighted by molar-refractivity contribution is 5.87. The third kappa shape index (κ3) is 10.5. The molecule has 5 nitrogen and oxygen atoms in total. The van der Waals surface area contributed by atoms with Crippen molar-refractivity contribution in [1.29, 1.82) is 0 Å². The molecule has 2 N–H and O–H groups in total. The molecule has 1 unspecified atom stereocenters. The van der Waals surface area contributed by atoms with Gasteiger partial charge in [0.1, 0.15) is 0 Å². The van der Waals surface area contributed by atoms with Gasteiger partial charge in [0, 0.05) is 5.57 Å². The number of hydrogen-bond acceptors (Lipinski definition) is 4. The molecular formula is C11H20N2O3. The maximum Gasteiger partial charge on any atom is 0.334 e. The highest BCUT2D eigenvalue weighted by Gasteiger charge is 2.10. The van der Waals surface area contributed by atoms with Crippen molar-refractivity contribution < 1.29 is 14.3 Å². The van der Waals surface area contributed by atoms with Crippen LogP contribution in [0.4, 0.5) is 0 Å². The number of ether oxygens (including phenoxy) is 1. The van der Waals surface area contributed by atoms with Crippen LogP contribution in [0.3, 0.4) is 0 Å². The number of amides is 1. The second kappa shape index (κ2) is 8.67. The minimum Gasteiger partial charge on any atom is -0.443 e. The van der Waals surface area contributed by atoms with Crippen molar-refractivity contribution in [3.8, 4) is 0 Å². The van der Waals surface area contributed by atoms with E-state index in [1.54, 1.807) is 18.7 Å². The van der Waals surface area contributed by atoms with Gasteiger partial charge in [0.25, 0.3) is 0 Å². The molecule has 92 valence electrons. The Bertz CT molecular complexity index is 272. The second-order valence-electron chi connectivity index (χ2n) is 3.36. The van der Waals surface area contributed by atoms with Crippen molar-refractivity contribution in [3.63, 3.8) is 0 Å². The maximum absolute atomic E-state index is 10.9. The van der Waals surface area contributed by atoms with Crippen LogP contribution in [0.1, 0.15) is 13.8 Å². The van der Waals surface area contributed by atoms with Gasteiger partial charge in [-0.05, 0) is 34.0 Å². The lowest BCUT2D eigenvalue weighted by Crippen LogP contribution is -2.30. The minimum absolute atomic E-state index is 0.195. The first-order valence-corrected chi connectivity index (χ1v) is 4.67. The predicted octanol–water partition coefficient (Wildman–Crippen LogP) is 0.671. The van der Waals surface area contributed by atoms with Crippen LogP contribution < -0.4 is 5.73 Å². The van der Waals surface area contributed by atoms with Gasteiger partial charge in [-0.2, -0.15) is 0 Å². The number of hydrogen-bond donors (Lipinski definition) is 1. The lowest BCUT2D eigenvalue weighted by atomic mass is 10.4. The van der Waals surface area contributed by atoms with E-state index in [1.165, 1.54) is 0 Å². The van der Waals surface area contributed by atoms with Crippen molar-refractivity contribution in [3.05, 3.63) is 24.8 Å². The van der Waals surface area contributed by atoms with Crippen LogP contribution in [0.2, 0.25) is 0 Å². The number of nitrogens with two attached hydrogens (primary N) is 1. The summed E-state index contributed by atoms with van der Waals surface area (Å²) in [5, 5.41) is 0. The summed E-state index contributed by atoms with van der Waals surface area (Å²) >= 11 is 0. The first kappa shape index (κ1) is 16.8. The van der Waals surface area contributed by atoms with E-state index in [9.17, 15) is 9.59 Å². The standard InChI is InChI=1S/C8H15NO2.C3H5NO/c1-6(2)8(10)11-7(3)9(4)5;1-2-3(4)5/h7H,1H2,2-5H3;2H,1H2,(H2,4,5). The molecule has 1 amide bonds. The zero-order chi connectivity index (χ0) is 13.3. The Morgan fingerprint density at radius 2 is 1.81 bits per heavy atom. The number of esters is 1. The number of carbonyl (C=O) groups is 2. The zero-order valence-electron chi connectivity index (χ0n) is 10.3. The molecule has 16 heavy (non-hydrogen) atoms. The summed E-state index contributed by atoms with van der Waals surface area (Å²) in [6.45, 7) is 10.00. The average molecular weight is 228 g/mol. The van der Waals surface area contributed by atoms with Gasteiger partial charge >= 0.3 is 5.97 Å². The van der Waals surface area contributed by atoms with E-state index < -0.39 is 5.91 Å². The van der Waals surface area contributed by atoms with E-state index >= 15 is 0 Å². The van der Waals surface area contributed by atoms with Gasteiger partial charge in [0.05, 0.1) is 0 Å². The Morgan fingerprint density at radius 1 is 1.44 bits per heavy atom. The van der Waals surface area contributed by atoms with E-state index in [-0.39, 0.29) is 12.2 Å². The molecule has 0 heterocycles. The summed E-state index contributed by atoms with van der Waals surface area (Å²) in [6.07, 6.45) is 0.860. The normalized spacial score (nSPS) is 10.8. The third-order valence-electron chi connectivity index (χ3n) is 1.55. The fraction of sp³-hybridized carbons (Fsp3) is 0.455. The van der Waals surface area contributed by atoms with Crippen molar-refractivity contribution >= 4 is 11.9 Å². The van der Waals surface area contributed by atoms with Crippen molar-refractivity contribution in [2.24, 2.45) is 5.73 Å². The van der Waals surface area contributed by atoms with E-state index in [1.807, 2.05) is 14.1 Å². The number of carbonyl (C=O) groups excluding carboxylic acids is 2. The Morgan fingerprint density at radius 3 is 2.00 bits per heavy atom. The summed E-state index contributed by atoms with van der Waals surface area (Å²) < 4.78 is 4.96. The summed E-state index contributed by atoms with van der Waals surface area (Å²) in [5.41, 5.74) is 4.96. The summed E-state index contributed by atoms with van der Waals surface area (Å²) in [6, 6.07) is 0. The number of primary amides is 1. The van der Waals surface area contributed by atoms with Crippen molar-refractivity contribution in [1.82, 2.24) is 4.90 Å². The molecular weight excluding hydrogens is 208 g/mol. The fourth-order valence-electron chi connectivity index (χ4n) is 0.361. The van der Waals surface area contributed by atoms with Gasteiger partial charge in [0.2, 0.25) is 5.91 Å². The smallest absolute Gasteiger partial charge is 0.334 e. The minimum atomic E-state index is -0.481. The maximum atomic E-state index is 10.9. The van der Waals surface area contributed by atoms with Gasteiger partial charge in [0.15, 0.2) is 6.23 Å². The molecule has 0 rings (SSSR count). The summed E-state index contributed by atoms with van der Waals surface area (Å²) in [5.74, 6) is -0.823. The molecule has 0 aliphatic carbocycles. The highest BCUT2D eigenvalue weighted by Crippen LogP contribution is 1.99. The molecule has 0 radical (unpaired) electrons. The molecule has 0 saturated carbocycles. The molecule has 0 aromatic heterocycles. The Balaban J connectivity index is 0. The Labute approximate surface area is 96.6 Å². The van der Waals surface area contributed by atoms with Crippen molar-refractivity contribution in [2.75, 3.05) is 14.1 Å². The molecule has 5 heteroatoms. The SMILES string of the molecule is C=C(C)C(=O)OC(C)N(C)C.C=CC(N)=O. The van der Waals surface area contributed by atoms with Gasteiger partial charge in [-0.25, -0.2) is 4.79 Å². The molecule has 0 aromatic carbocycles. The molecule has 0 aliphatic heterocycles. The van der Waals surface area contributed by atoms with E-state index in [4.69, 9.17) is 4.74 Å². The quantitative estimate of drug-likeness (QED) is 0.436. The summed E-state index contributed by atoms with van der Waals surface area (Å²) in [4.78, 5) is 22.2. The predicted molar refractivity (Wildman–Crippen MR) is 63.4 cm³/mol. The van der Waals surface area contributed by atoms with Crippen LogP contribution in [0.25, 0.3) is 0 Å². The van der Waals surface area contributed by atoms with Crippen LogP contribution in [-0.2, 0) is 14.3 Å². The lowest BCUT2D eigenvalue weighted by molar-refractivity contribution is -0.150. The molecule has 0 fully saturated rings. The largest absolute Gasteiger partial charge is 0.443 e. The number of nitrogens with zero attached hydrogens (tertiary/aromatic N) is 1. The Hall–Kier alpha value is -1.62. The summed E-state index contributed by atoms with van der Waals surface area (Å²) in [7, 11) is 3.69. The lowest BCUT2D eigenvalue weighted by Gasteiger charge is -2.19. The molecule has 0 aromatic rings. The monoisotopic (exact) mass is 228 g/mol. The van der Waals surface area contributed by atoms with E-state index in [2.05, 4.69) is 18.9 Å². The van der Waals surface area contributed by atoms with Crippen LogP contribution in [0.15, 0.2) is 24.8 Å². The van der Waals surface area contributed by atoms with E-state index in [0.29, 0.717) is 5.57 Å². The van der Waals surface area contributed by atoms with Crippen LogP contribution in [-0.4, -0.2) is 37.1 Å². The van der Waals surface area contributed by atoms with Crippen LogP contribution in [0.5, 0.6) is 0 Å². The number of rotatable bonds is 4. The molecule has 1 atom stereocenters. The fourth-order valence-corrected chi connectivity index (χ4v) is 0.361. The van der Waals surface area contributed by atoms with E-state index in [0.717, 1.165) is 6.08 Å². The average Bonchev–Trinajstić information content (AvgIpc) is 2.18. The van der Waals surface area contributed by atoms with Gasteiger partial charge in [-0.1, -0.05) is 13.2 Å². The molecule has 0 saturated heterocycles. The first-order valence-electron chi connectivity index (χ1n) is 4.67. The molecule has 0 spiro atoms. The molecule has 0 bridgehead atoms. The van der Waals surface area contributed by atoms with Crippen LogP contribution >= 0.6 is 0 Å². The molecule has 0 aliphatic rings. The first-order chi connectivity index (χ1) is 7.22. The van der Waals surface area contributed by atoms with Crippen LogP contribution in [0, 0.1) is 0 Å². The van der Waals surface area contributed by atoms with Gasteiger partial charge < -0.3 is 10.5 Å². The Kier molecular flexibility index (Phi) is 9.10. The van der Waals surface area contributed by atoms with Crippen molar-refractivity contribution in [2.45, 2.75) is 20.1 Å². The van der Waals surface area contributed by atoms with Gasteiger partial charge in [-0.15, -0.1) is 0 Å². The topological polar surface area (TPSA) is 72.6 Å². The highest BCUT2D eigenvalue weighted by atomic mass is 16.6. The second-order valence-corrected chi connectivity index (χ2v) is 3.36. The third-order valence-corrected chi connectivity index (χ3v) is 1.55. The zero-order valence-corrected chi connectivity index (χ0v) is 10.3.